The van der Waals surface area contributed by atoms with Crippen LogP contribution in [0.25, 0.3) is 5.69 Å². The fourth-order valence-electron chi connectivity index (χ4n) is 2.03. The SMILES string of the molecule is COc1ccccc1-n1nc(C(=O)Nc2nccs2)c(O)cc1=O. The Morgan fingerprint density at radius 3 is 2.88 bits per heavy atom. The van der Waals surface area contributed by atoms with Crippen molar-refractivity contribution in [3.8, 4) is 17.2 Å². The third-order valence-corrected chi connectivity index (χ3v) is 3.78. The van der Waals surface area contributed by atoms with E-state index in [2.05, 4.69) is 15.4 Å². The van der Waals surface area contributed by atoms with Crippen LogP contribution >= 0.6 is 11.3 Å². The van der Waals surface area contributed by atoms with E-state index in [0.29, 0.717) is 16.6 Å². The van der Waals surface area contributed by atoms with Crippen molar-refractivity contribution in [2.24, 2.45) is 0 Å². The number of hydrogen-bond donors (Lipinski definition) is 2. The molecule has 24 heavy (non-hydrogen) atoms. The van der Waals surface area contributed by atoms with Gasteiger partial charge in [-0.1, -0.05) is 12.1 Å². The zero-order valence-electron chi connectivity index (χ0n) is 12.5. The molecule has 9 heteroatoms. The van der Waals surface area contributed by atoms with Gasteiger partial charge >= 0.3 is 0 Å². The van der Waals surface area contributed by atoms with Crippen LogP contribution in [0, 0.1) is 0 Å². The lowest BCUT2D eigenvalue weighted by molar-refractivity contribution is 0.101. The van der Waals surface area contributed by atoms with Gasteiger partial charge in [0.1, 0.15) is 11.4 Å². The van der Waals surface area contributed by atoms with Crippen LogP contribution in [0.15, 0.2) is 46.7 Å². The topological polar surface area (TPSA) is 106 Å². The first-order valence-corrected chi connectivity index (χ1v) is 7.65. The predicted octanol–water partition coefficient (Wildman–Crippen LogP) is 1.66. The van der Waals surface area contributed by atoms with Gasteiger partial charge in [-0.05, 0) is 12.1 Å². The highest BCUT2D eigenvalue weighted by molar-refractivity contribution is 7.13. The number of anilines is 1. The van der Waals surface area contributed by atoms with Crippen molar-refractivity contribution in [1.82, 2.24) is 14.8 Å². The minimum absolute atomic E-state index is 0.296. The second kappa shape index (κ2) is 6.50. The number of rotatable bonds is 4. The molecule has 2 aromatic heterocycles. The Labute approximate surface area is 140 Å². The Hall–Kier alpha value is -3.20. The van der Waals surface area contributed by atoms with E-state index in [4.69, 9.17) is 4.74 Å². The highest BCUT2D eigenvalue weighted by atomic mass is 32.1. The molecule has 0 aliphatic heterocycles. The lowest BCUT2D eigenvalue weighted by atomic mass is 10.3. The van der Waals surface area contributed by atoms with Crippen LogP contribution in [-0.4, -0.2) is 32.9 Å². The number of amides is 1. The number of carbonyl (C=O) groups is 1. The summed E-state index contributed by atoms with van der Waals surface area (Å²) in [4.78, 5) is 28.3. The summed E-state index contributed by atoms with van der Waals surface area (Å²) in [5.74, 6) is -0.782. The average molecular weight is 344 g/mol. The highest BCUT2D eigenvalue weighted by Gasteiger charge is 2.19. The lowest BCUT2D eigenvalue weighted by Gasteiger charge is -2.11. The first-order chi connectivity index (χ1) is 11.6. The predicted molar refractivity (Wildman–Crippen MR) is 88.1 cm³/mol. The summed E-state index contributed by atoms with van der Waals surface area (Å²) in [6, 6.07) is 7.65. The first-order valence-electron chi connectivity index (χ1n) is 6.77. The smallest absolute Gasteiger partial charge is 0.281 e. The first kappa shape index (κ1) is 15.7. The Morgan fingerprint density at radius 2 is 2.17 bits per heavy atom. The number of carbonyl (C=O) groups excluding carboxylic acids is 1. The van der Waals surface area contributed by atoms with Crippen LogP contribution in [0.3, 0.4) is 0 Å². The molecular weight excluding hydrogens is 332 g/mol. The number of hydrogen-bond acceptors (Lipinski definition) is 7. The molecule has 0 radical (unpaired) electrons. The van der Waals surface area contributed by atoms with Crippen molar-refractivity contribution in [2.45, 2.75) is 0 Å². The largest absolute Gasteiger partial charge is 0.505 e. The van der Waals surface area contributed by atoms with E-state index in [1.165, 1.54) is 24.6 Å². The van der Waals surface area contributed by atoms with E-state index in [9.17, 15) is 14.7 Å². The van der Waals surface area contributed by atoms with Gasteiger partial charge in [0.05, 0.1) is 7.11 Å². The summed E-state index contributed by atoms with van der Waals surface area (Å²) in [7, 11) is 1.46. The van der Waals surface area contributed by atoms with E-state index in [1.807, 2.05) is 0 Å². The van der Waals surface area contributed by atoms with Crippen molar-refractivity contribution in [2.75, 3.05) is 12.4 Å². The van der Waals surface area contributed by atoms with Gasteiger partial charge in [-0.3, -0.25) is 14.9 Å². The van der Waals surface area contributed by atoms with Crippen molar-refractivity contribution < 1.29 is 14.6 Å². The van der Waals surface area contributed by atoms with Gasteiger partial charge in [-0.2, -0.15) is 9.78 Å². The van der Waals surface area contributed by atoms with Crippen molar-refractivity contribution >= 4 is 22.4 Å². The minimum Gasteiger partial charge on any atom is -0.505 e. The zero-order valence-corrected chi connectivity index (χ0v) is 13.3. The average Bonchev–Trinajstić information content (AvgIpc) is 3.08. The number of para-hydroxylation sites is 2. The summed E-state index contributed by atoms with van der Waals surface area (Å²) in [6.07, 6.45) is 1.53. The number of nitrogens with one attached hydrogen (secondary N) is 1. The van der Waals surface area contributed by atoms with Crippen molar-refractivity contribution in [1.29, 1.82) is 0 Å². The van der Waals surface area contributed by atoms with Crippen molar-refractivity contribution in [3.63, 3.8) is 0 Å². The number of benzene rings is 1. The highest BCUT2D eigenvalue weighted by Crippen LogP contribution is 2.22. The Kier molecular flexibility index (Phi) is 4.25. The summed E-state index contributed by atoms with van der Waals surface area (Å²) < 4.78 is 6.19. The molecular formula is C15H12N4O4S. The zero-order chi connectivity index (χ0) is 17.1. The van der Waals surface area contributed by atoms with E-state index < -0.39 is 17.2 Å². The molecule has 0 fully saturated rings. The van der Waals surface area contributed by atoms with Crippen LogP contribution in [-0.2, 0) is 0 Å². The normalized spacial score (nSPS) is 10.4. The van der Waals surface area contributed by atoms with Crippen LogP contribution in [0.5, 0.6) is 11.5 Å². The maximum absolute atomic E-state index is 12.3. The molecule has 0 saturated carbocycles. The van der Waals surface area contributed by atoms with E-state index in [0.717, 1.165) is 10.7 Å². The maximum atomic E-state index is 12.3. The number of ether oxygens (including phenoxy) is 1. The molecule has 1 aromatic carbocycles. The fourth-order valence-corrected chi connectivity index (χ4v) is 2.55. The third-order valence-electron chi connectivity index (χ3n) is 3.09. The molecule has 0 bridgehead atoms. The number of thiazole rings is 1. The monoisotopic (exact) mass is 344 g/mol. The van der Waals surface area contributed by atoms with E-state index in [-0.39, 0.29) is 5.69 Å². The minimum atomic E-state index is -0.675. The van der Waals surface area contributed by atoms with Crippen LogP contribution < -0.4 is 15.6 Å². The molecule has 2 heterocycles. The van der Waals surface area contributed by atoms with Gasteiger partial charge in [0, 0.05) is 17.6 Å². The van der Waals surface area contributed by atoms with Gasteiger partial charge < -0.3 is 9.84 Å². The molecule has 8 nitrogen and oxygen atoms in total. The fraction of sp³-hybridized carbons (Fsp3) is 0.0667. The standard InChI is InChI=1S/C15H12N4O4S/c1-23-11-5-3-2-4-9(11)19-12(21)8-10(20)13(18-19)14(22)17-15-16-6-7-24-15/h2-8,20H,1H3,(H,16,17,22). The van der Waals surface area contributed by atoms with E-state index >= 15 is 0 Å². The van der Waals surface area contributed by atoms with Gasteiger partial charge in [0.25, 0.3) is 11.5 Å². The third kappa shape index (κ3) is 2.97. The van der Waals surface area contributed by atoms with Crippen molar-refractivity contribution in [3.05, 3.63) is 58.0 Å². The quantitative estimate of drug-likeness (QED) is 0.745. The number of methoxy groups -OCH3 is 1. The summed E-state index contributed by atoms with van der Waals surface area (Å²) >= 11 is 1.22. The second-order valence-corrected chi connectivity index (χ2v) is 5.49. The number of aromatic nitrogens is 3. The van der Waals surface area contributed by atoms with Crippen LogP contribution in [0.2, 0.25) is 0 Å². The molecule has 0 spiro atoms. The molecule has 122 valence electrons. The van der Waals surface area contributed by atoms with Gasteiger partial charge in [-0.15, -0.1) is 11.3 Å². The molecule has 0 atom stereocenters. The molecule has 0 aliphatic carbocycles. The Morgan fingerprint density at radius 1 is 1.38 bits per heavy atom. The molecule has 0 saturated heterocycles. The molecule has 3 aromatic rings. The Balaban J connectivity index is 2.06. The second-order valence-electron chi connectivity index (χ2n) is 4.59. The maximum Gasteiger partial charge on any atom is 0.281 e. The molecule has 2 N–H and O–H groups in total. The summed E-state index contributed by atoms with van der Waals surface area (Å²) in [5, 5.41) is 18.4. The van der Waals surface area contributed by atoms with Gasteiger partial charge in [0.2, 0.25) is 0 Å². The van der Waals surface area contributed by atoms with E-state index in [1.54, 1.807) is 29.6 Å². The number of aromatic hydroxyl groups is 1. The molecule has 1 amide bonds. The molecule has 0 aliphatic rings. The molecule has 3 rings (SSSR count). The van der Waals surface area contributed by atoms with Crippen LogP contribution in [0.1, 0.15) is 10.5 Å². The Bertz CT molecular complexity index is 937. The van der Waals surface area contributed by atoms with Gasteiger partial charge in [-0.25, -0.2) is 4.98 Å². The lowest BCUT2D eigenvalue weighted by Crippen LogP contribution is -2.25. The number of nitrogens with zero attached hydrogens (tertiary/aromatic N) is 3. The molecule has 0 unspecified atom stereocenters. The van der Waals surface area contributed by atoms with Crippen LogP contribution in [0.4, 0.5) is 5.13 Å². The summed E-state index contributed by atoms with van der Waals surface area (Å²) in [6.45, 7) is 0. The van der Waals surface area contributed by atoms with Gasteiger partial charge in [0.15, 0.2) is 16.6 Å². The summed E-state index contributed by atoms with van der Waals surface area (Å²) in [5.41, 5.74) is -0.535.